The van der Waals surface area contributed by atoms with Crippen LogP contribution in [0.25, 0.3) is 0 Å². The maximum atomic E-state index is 12.3. The molecule has 0 bridgehead atoms. The monoisotopic (exact) mass is 304 g/mol. The molecular weight excluding hydrogens is 276 g/mol. The van der Waals surface area contributed by atoms with Crippen LogP contribution in [0, 0.1) is 0 Å². The molecule has 1 rings (SSSR count). The lowest BCUT2D eigenvalue weighted by molar-refractivity contribution is -0.139. The van der Waals surface area contributed by atoms with Crippen molar-refractivity contribution in [1.82, 2.24) is 10.6 Å². The van der Waals surface area contributed by atoms with E-state index in [9.17, 15) is 9.59 Å². The molecule has 0 aromatic rings. The number of hydrogen-bond acceptors (Lipinski definition) is 3. The standard InChI is InChI=1S/C18H28N2O2/c1-4-10-16(19-5-2)17(21)18(22)20-15-12-9-7-6-8-11-14(3)13-15/h6-8,11,15-16,19H,3-5,9-10,12-13H2,1-2H3,(H,20,22)/b7-6-,11-8-. The molecule has 0 radical (unpaired) electrons. The van der Waals surface area contributed by atoms with Gasteiger partial charge >= 0.3 is 0 Å². The second-order valence-electron chi connectivity index (χ2n) is 5.66. The summed E-state index contributed by atoms with van der Waals surface area (Å²) >= 11 is 0. The maximum absolute atomic E-state index is 12.3. The molecule has 2 unspecified atom stereocenters. The summed E-state index contributed by atoms with van der Waals surface area (Å²) in [6.07, 6.45) is 11.9. The molecule has 0 aromatic heterocycles. The van der Waals surface area contributed by atoms with E-state index in [1.807, 2.05) is 32.1 Å². The largest absolute Gasteiger partial charge is 0.346 e. The first kappa shape index (κ1) is 18.4. The Bertz CT molecular complexity index is 446. The highest BCUT2D eigenvalue weighted by Gasteiger charge is 2.25. The smallest absolute Gasteiger partial charge is 0.289 e. The summed E-state index contributed by atoms with van der Waals surface area (Å²) in [6, 6.07) is -0.422. The van der Waals surface area contributed by atoms with Gasteiger partial charge in [0.25, 0.3) is 5.91 Å². The quantitative estimate of drug-likeness (QED) is 0.711. The molecule has 1 amide bonds. The Labute approximate surface area is 133 Å². The van der Waals surface area contributed by atoms with Gasteiger partial charge in [-0.15, -0.1) is 0 Å². The van der Waals surface area contributed by atoms with E-state index in [2.05, 4.69) is 23.3 Å². The van der Waals surface area contributed by atoms with Crippen molar-refractivity contribution in [2.45, 2.75) is 58.0 Å². The predicted octanol–water partition coefficient (Wildman–Crippen LogP) is 2.67. The fourth-order valence-electron chi connectivity index (χ4n) is 2.55. The van der Waals surface area contributed by atoms with Crippen molar-refractivity contribution in [3.63, 3.8) is 0 Å². The molecule has 4 heteroatoms. The number of ketones is 1. The number of hydrogen-bond donors (Lipinski definition) is 2. The predicted molar refractivity (Wildman–Crippen MR) is 90.6 cm³/mol. The number of Topliss-reactive ketones (excluding diaryl/α,β-unsaturated/α-hetero) is 1. The summed E-state index contributed by atoms with van der Waals surface area (Å²) in [5.74, 6) is -0.843. The molecule has 0 spiro atoms. The number of rotatable bonds is 7. The van der Waals surface area contributed by atoms with Crippen molar-refractivity contribution in [2.24, 2.45) is 0 Å². The van der Waals surface area contributed by atoms with Gasteiger partial charge in [-0.05, 0) is 32.2 Å². The molecule has 0 heterocycles. The summed E-state index contributed by atoms with van der Waals surface area (Å²) in [5.41, 5.74) is 0.959. The number of amides is 1. The lowest BCUT2D eigenvalue weighted by Crippen LogP contribution is -2.48. The van der Waals surface area contributed by atoms with Crippen LogP contribution in [-0.2, 0) is 9.59 Å². The van der Waals surface area contributed by atoms with E-state index < -0.39 is 5.91 Å². The topological polar surface area (TPSA) is 58.2 Å². The number of allylic oxidation sites excluding steroid dienone is 4. The Morgan fingerprint density at radius 1 is 1.36 bits per heavy atom. The lowest BCUT2D eigenvalue weighted by Gasteiger charge is -2.20. The molecule has 4 nitrogen and oxygen atoms in total. The van der Waals surface area contributed by atoms with Gasteiger partial charge in [-0.25, -0.2) is 0 Å². The second-order valence-corrected chi connectivity index (χ2v) is 5.66. The fourth-order valence-corrected chi connectivity index (χ4v) is 2.55. The highest BCUT2D eigenvalue weighted by molar-refractivity contribution is 6.38. The summed E-state index contributed by atoms with van der Waals surface area (Å²) in [7, 11) is 0. The summed E-state index contributed by atoms with van der Waals surface area (Å²) in [4.78, 5) is 24.5. The van der Waals surface area contributed by atoms with E-state index in [1.54, 1.807) is 0 Å². The van der Waals surface area contributed by atoms with Crippen molar-refractivity contribution in [1.29, 1.82) is 0 Å². The third-order valence-electron chi connectivity index (χ3n) is 3.67. The van der Waals surface area contributed by atoms with E-state index in [1.165, 1.54) is 0 Å². The minimum atomic E-state index is -0.482. The Kier molecular flexibility index (Phi) is 8.44. The van der Waals surface area contributed by atoms with E-state index in [0.29, 0.717) is 19.4 Å². The van der Waals surface area contributed by atoms with Gasteiger partial charge in [-0.2, -0.15) is 0 Å². The first-order valence-corrected chi connectivity index (χ1v) is 8.17. The van der Waals surface area contributed by atoms with E-state index in [-0.39, 0.29) is 17.9 Å². The van der Waals surface area contributed by atoms with Crippen LogP contribution < -0.4 is 10.6 Å². The zero-order valence-corrected chi connectivity index (χ0v) is 13.7. The SMILES string of the molecule is C=C1/C=C\C=C/CCC(NC(=O)C(=O)C(CCC)NCC)C1. The third kappa shape index (κ3) is 6.39. The van der Waals surface area contributed by atoms with Crippen LogP contribution in [0.15, 0.2) is 36.5 Å². The van der Waals surface area contributed by atoms with Crippen LogP contribution in [-0.4, -0.2) is 30.3 Å². The number of nitrogens with one attached hydrogen (secondary N) is 2. The van der Waals surface area contributed by atoms with Crippen LogP contribution in [0.3, 0.4) is 0 Å². The van der Waals surface area contributed by atoms with Gasteiger partial charge in [0.05, 0.1) is 6.04 Å². The van der Waals surface area contributed by atoms with E-state index in [4.69, 9.17) is 0 Å². The van der Waals surface area contributed by atoms with E-state index >= 15 is 0 Å². The molecule has 122 valence electrons. The van der Waals surface area contributed by atoms with E-state index in [0.717, 1.165) is 24.8 Å². The fraction of sp³-hybridized carbons (Fsp3) is 0.556. The van der Waals surface area contributed by atoms with Gasteiger partial charge in [0, 0.05) is 6.04 Å². The molecule has 1 aliphatic carbocycles. The minimum Gasteiger partial charge on any atom is -0.346 e. The van der Waals surface area contributed by atoms with Crippen molar-refractivity contribution in [2.75, 3.05) is 6.54 Å². The summed E-state index contributed by atoms with van der Waals surface area (Å²) < 4.78 is 0. The zero-order valence-electron chi connectivity index (χ0n) is 13.7. The van der Waals surface area contributed by atoms with Gasteiger partial charge in [0.1, 0.15) is 0 Å². The van der Waals surface area contributed by atoms with Crippen LogP contribution in [0.4, 0.5) is 0 Å². The van der Waals surface area contributed by atoms with Crippen LogP contribution >= 0.6 is 0 Å². The van der Waals surface area contributed by atoms with Crippen LogP contribution in [0.2, 0.25) is 0 Å². The minimum absolute atomic E-state index is 0.0414. The van der Waals surface area contributed by atoms with Crippen molar-refractivity contribution >= 4 is 11.7 Å². The van der Waals surface area contributed by atoms with Crippen molar-refractivity contribution < 1.29 is 9.59 Å². The van der Waals surface area contributed by atoms with Crippen LogP contribution in [0.1, 0.15) is 46.0 Å². The molecule has 0 aromatic carbocycles. The Hall–Kier alpha value is -1.68. The molecule has 2 atom stereocenters. The van der Waals surface area contributed by atoms with Gasteiger partial charge in [-0.3, -0.25) is 9.59 Å². The van der Waals surface area contributed by atoms with Crippen molar-refractivity contribution in [3.8, 4) is 0 Å². The van der Waals surface area contributed by atoms with Gasteiger partial charge < -0.3 is 10.6 Å². The first-order chi connectivity index (χ1) is 10.6. The van der Waals surface area contributed by atoms with Crippen molar-refractivity contribution in [3.05, 3.63) is 36.5 Å². The lowest BCUT2D eigenvalue weighted by atomic mass is 10.0. The molecule has 0 saturated heterocycles. The normalized spacial score (nSPS) is 22.8. The number of carbonyl (C=O) groups is 2. The molecule has 1 aliphatic rings. The van der Waals surface area contributed by atoms with Gasteiger partial charge in [0.15, 0.2) is 0 Å². The maximum Gasteiger partial charge on any atom is 0.289 e. The average molecular weight is 304 g/mol. The summed E-state index contributed by atoms with van der Waals surface area (Å²) in [6.45, 7) is 8.61. The molecular formula is C18H28N2O2. The molecule has 0 fully saturated rings. The Balaban J connectivity index is 2.64. The average Bonchev–Trinajstić information content (AvgIpc) is 2.58. The Morgan fingerprint density at radius 2 is 2.14 bits per heavy atom. The van der Waals surface area contributed by atoms with Crippen LogP contribution in [0.5, 0.6) is 0 Å². The Morgan fingerprint density at radius 3 is 2.82 bits per heavy atom. The molecule has 2 N–H and O–H groups in total. The summed E-state index contributed by atoms with van der Waals surface area (Å²) in [5, 5.41) is 5.98. The molecule has 0 saturated carbocycles. The zero-order chi connectivity index (χ0) is 16.4. The van der Waals surface area contributed by atoms with Gasteiger partial charge in [0.2, 0.25) is 5.78 Å². The first-order valence-electron chi connectivity index (χ1n) is 8.17. The third-order valence-corrected chi connectivity index (χ3v) is 3.67. The molecule has 22 heavy (non-hydrogen) atoms. The number of carbonyl (C=O) groups excluding carboxylic acids is 2. The van der Waals surface area contributed by atoms with Gasteiger partial charge in [-0.1, -0.05) is 56.7 Å². The molecule has 0 aliphatic heterocycles. The number of likely N-dealkylation sites (N-methyl/N-ethyl adjacent to an activating group) is 1. The highest BCUT2D eigenvalue weighted by atomic mass is 16.2. The highest BCUT2D eigenvalue weighted by Crippen LogP contribution is 2.13. The second kappa shape index (κ2) is 10.1.